The molecule has 0 atom stereocenters. The SMILES string of the molecule is CC1=C(Cl)C(Cl)=NC=CCC1. The van der Waals surface area contributed by atoms with Crippen molar-refractivity contribution in [3.63, 3.8) is 0 Å². The smallest absolute Gasteiger partial charge is 0.147 e. The summed E-state index contributed by atoms with van der Waals surface area (Å²) >= 11 is 11.6. The molecule has 11 heavy (non-hydrogen) atoms. The summed E-state index contributed by atoms with van der Waals surface area (Å²) in [5.41, 5.74) is 1.10. The van der Waals surface area contributed by atoms with Crippen LogP contribution in [0.15, 0.2) is 27.9 Å². The van der Waals surface area contributed by atoms with Crippen molar-refractivity contribution in [2.45, 2.75) is 19.8 Å². The Balaban J connectivity index is 2.95. The molecule has 0 amide bonds. The zero-order chi connectivity index (χ0) is 8.27. The molecular formula is C8H9Cl2N. The van der Waals surface area contributed by atoms with E-state index in [1.807, 2.05) is 13.0 Å². The fraction of sp³-hybridized carbons (Fsp3) is 0.375. The number of rotatable bonds is 0. The Morgan fingerprint density at radius 1 is 1.45 bits per heavy atom. The Morgan fingerprint density at radius 3 is 2.91 bits per heavy atom. The first kappa shape index (κ1) is 8.82. The maximum Gasteiger partial charge on any atom is 0.147 e. The van der Waals surface area contributed by atoms with E-state index in [1.54, 1.807) is 6.20 Å². The molecule has 1 nitrogen and oxygen atoms in total. The number of nitrogens with zero attached hydrogens (tertiary/aromatic N) is 1. The van der Waals surface area contributed by atoms with E-state index in [0.29, 0.717) is 10.2 Å². The van der Waals surface area contributed by atoms with E-state index < -0.39 is 0 Å². The van der Waals surface area contributed by atoms with Crippen LogP contribution in [-0.2, 0) is 0 Å². The van der Waals surface area contributed by atoms with Gasteiger partial charge in [-0.25, -0.2) is 4.99 Å². The van der Waals surface area contributed by atoms with Gasteiger partial charge in [-0.05, 0) is 19.8 Å². The van der Waals surface area contributed by atoms with Crippen LogP contribution in [0.2, 0.25) is 0 Å². The summed E-state index contributed by atoms with van der Waals surface area (Å²) in [5, 5.41) is 0.983. The van der Waals surface area contributed by atoms with E-state index in [9.17, 15) is 0 Å². The molecule has 0 fully saturated rings. The lowest BCUT2D eigenvalue weighted by atomic mass is 10.1. The predicted molar refractivity (Wildman–Crippen MR) is 50.2 cm³/mol. The van der Waals surface area contributed by atoms with Crippen molar-refractivity contribution in [1.29, 1.82) is 0 Å². The summed E-state index contributed by atoms with van der Waals surface area (Å²) in [6.07, 6.45) is 5.61. The van der Waals surface area contributed by atoms with Crippen molar-refractivity contribution in [2.24, 2.45) is 4.99 Å². The molecule has 3 heteroatoms. The molecule has 0 aromatic heterocycles. The van der Waals surface area contributed by atoms with Gasteiger partial charge in [0.1, 0.15) is 5.17 Å². The summed E-state index contributed by atoms with van der Waals surface area (Å²) in [5.74, 6) is 0. The molecule has 0 saturated heterocycles. The lowest BCUT2D eigenvalue weighted by molar-refractivity contribution is 0.971. The third-order valence-corrected chi connectivity index (χ3v) is 2.42. The van der Waals surface area contributed by atoms with Crippen molar-refractivity contribution < 1.29 is 0 Å². The van der Waals surface area contributed by atoms with Gasteiger partial charge in [0.25, 0.3) is 0 Å². The summed E-state index contributed by atoms with van der Waals surface area (Å²) in [6.45, 7) is 1.97. The molecule has 0 saturated carbocycles. The van der Waals surface area contributed by atoms with E-state index in [-0.39, 0.29) is 0 Å². The first-order chi connectivity index (χ1) is 5.22. The molecule has 1 aliphatic rings. The standard InChI is InChI=1S/C8H9Cl2N/c1-6-4-2-3-5-11-8(10)7(6)9/h3,5H,2,4H2,1H3. The number of aliphatic imine (C=N–C) groups is 1. The van der Waals surface area contributed by atoms with Gasteiger partial charge in [0.2, 0.25) is 0 Å². The topological polar surface area (TPSA) is 12.4 Å². The quantitative estimate of drug-likeness (QED) is 0.554. The monoisotopic (exact) mass is 189 g/mol. The number of hydrogen-bond donors (Lipinski definition) is 0. The van der Waals surface area contributed by atoms with Gasteiger partial charge >= 0.3 is 0 Å². The Labute approximate surface area is 76.4 Å². The fourth-order valence-corrected chi connectivity index (χ4v) is 1.20. The van der Waals surface area contributed by atoms with Gasteiger partial charge in [-0.15, -0.1) is 0 Å². The molecule has 0 N–H and O–H groups in total. The van der Waals surface area contributed by atoms with Crippen molar-refractivity contribution in [3.8, 4) is 0 Å². The third-order valence-electron chi connectivity index (χ3n) is 1.54. The van der Waals surface area contributed by atoms with Crippen LogP contribution in [0.4, 0.5) is 0 Å². The van der Waals surface area contributed by atoms with Gasteiger partial charge in [0.05, 0.1) is 5.03 Å². The summed E-state index contributed by atoms with van der Waals surface area (Å²) in [4.78, 5) is 3.93. The average molecular weight is 190 g/mol. The first-order valence-electron chi connectivity index (χ1n) is 3.45. The minimum absolute atomic E-state index is 0.389. The predicted octanol–water partition coefficient (Wildman–Crippen LogP) is 3.44. The minimum atomic E-state index is 0.389. The molecule has 0 spiro atoms. The Kier molecular flexibility index (Phi) is 3.16. The molecule has 0 bridgehead atoms. The van der Waals surface area contributed by atoms with Crippen molar-refractivity contribution >= 4 is 28.4 Å². The Hall–Kier alpha value is -0.270. The lowest BCUT2D eigenvalue weighted by Crippen LogP contribution is -1.92. The van der Waals surface area contributed by atoms with Crippen LogP contribution in [0, 0.1) is 0 Å². The van der Waals surface area contributed by atoms with Crippen molar-refractivity contribution in [2.75, 3.05) is 0 Å². The number of allylic oxidation sites excluding steroid dienone is 3. The summed E-state index contributed by atoms with van der Waals surface area (Å²) in [6, 6.07) is 0. The molecular weight excluding hydrogens is 181 g/mol. The van der Waals surface area contributed by atoms with Crippen molar-refractivity contribution in [1.82, 2.24) is 0 Å². The van der Waals surface area contributed by atoms with Gasteiger partial charge in [0, 0.05) is 6.20 Å². The molecule has 0 aliphatic carbocycles. The van der Waals surface area contributed by atoms with Crippen LogP contribution in [0.25, 0.3) is 0 Å². The van der Waals surface area contributed by atoms with E-state index in [2.05, 4.69) is 4.99 Å². The van der Waals surface area contributed by atoms with E-state index in [1.165, 1.54) is 0 Å². The highest BCUT2D eigenvalue weighted by Gasteiger charge is 2.05. The molecule has 0 aromatic rings. The van der Waals surface area contributed by atoms with Gasteiger partial charge < -0.3 is 0 Å². The van der Waals surface area contributed by atoms with Crippen molar-refractivity contribution in [3.05, 3.63) is 22.9 Å². The van der Waals surface area contributed by atoms with Crippen LogP contribution in [0.5, 0.6) is 0 Å². The van der Waals surface area contributed by atoms with Crippen LogP contribution in [0.1, 0.15) is 19.8 Å². The van der Waals surface area contributed by atoms with Gasteiger partial charge in [0.15, 0.2) is 0 Å². The lowest BCUT2D eigenvalue weighted by Gasteiger charge is -2.04. The molecule has 0 radical (unpaired) electrons. The Bertz CT molecular complexity index is 238. The molecule has 1 rings (SSSR count). The van der Waals surface area contributed by atoms with Crippen LogP contribution in [-0.4, -0.2) is 5.17 Å². The zero-order valence-electron chi connectivity index (χ0n) is 6.27. The molecule has 60 valence electrons. The van der Waals surface area contributed by atoms with E-state index in [0.717, 1.165) is 18.4 Å². The normalized spacial score (nSPS) is 19.4. The summed E-state index contributed by atoms with van der Waals surface area (Å²) < 4.78 is 0. The first-order valence-corrected chi connectivity index (χ1v) is 4.21. The van der Waals surface area contributed by atoms with Gasteiger partial charge in [-0.3, -0.25) is 0 Å². The van der Waals surface area contributed by atoms with Gasteiger partial charge in [-0.2, -0.15) is 0 Å². The van der Waals surface area contributed by atoms with E-state index >= 15 is 0 Å². The highest BCUT2D eigenvalue weighted by atomic mass is 35.5. The molecule has 0 unspecified atom stereocenters. The summed E-state index contributed by atoms with van der Waals surface area (Å²) in [7, 11) is 0. The third kappa shape index (κ3) is 2.35. The van der Waals surface area contributed by atoms with Crippen LogP contribution in [0.3, 0.4) is 0 Å². The van der Waals surface area contributed by atoms with Crippen LogP contribution < -0.4 is 0 Å². The molecule has 0 aromatic carbocycles. The zero-order valence-corrected chi connectivity index (χ0v) is 7.78. The highest BCUT2D eigenvalue weighted by molar-refractivity contribution is 6.76. The fourth-order valence-electron chi connectivity index (χ4n) is 0.835. The number of hydrogen-bond acceptors (Lipinski definition) is 1. The highest BCUT2D eigenvalue weighted by Crippen LogP contribution is 2.20. The number of halogens is 2. The van der Waals surface area contributed by atoms with Gasteiger partial charge in [-0.1, -0.05) is 34.9 Å². The largest absolute Gasteiger partial charge is 0.243 e. The Morgan fingerprint density at radius 2 is 2.18 bits per heavy atom. The van der Waals surface area contributed by atoms with Crippen LogP contribution >= 0.6 is 23.2 Å². The average Bonchev–Trinajstić information content (AvgIpc) is 2.00. The minimum Gasteiger partial charge on any atom is -0.243 e. The maximum absolute atomic E-state index is 5.88. The van der Waals surface area contributed by atoms with E-state index in [4.69, 9.17) is 23.2 Å². The maximum atomic E-state index is 5.88. The molecule has 1 aliphatic heterocycles. The second kappa shape index (κ2) is 3.93. The second-order valence-corrected chi connectivity index (χ2v) is 3.17. The molecule has 1 heterocycles. The second-order valence-electron chi connectivity index (χ2n) is 2.44.